The molecule has 0 aliphatic rings. The SMILES string of the molecule is CCS/[C]=N/C#N. The van der Waals surface area contributed by atoms with E-state index in [2.05, 4.69) is 10.5 Å². The molecule has 0 spiro atoms. The zero-order chi connectivity index (χ0) is 5.54. The largest absolute Gasteiger partial charge is 0.206 e. The highest BCUT2D eigenvalue weighted by Gasteiger charge is 1.70. The van der Waals surface area contributed by atoms with Gasteiger partial charge in [-0.15, -0.1) is 11.8 Å². The molecule has 0 aliphatic carbocycles. The Bertz CT molecular complexity index is 92.4. The summed E-state index contributed by atoms with van der Waals surface area (Å²) in [6, 6.07) is 0. The molecule has 0 atom stereocenters. The maximum absolute atomic E-state index is 7.80. The normalized spacial score (nSPS) is 9.14. The Morgan fingerprint density at radius 3 is 3.00 bits per heavy atom. The molecule has 0 saturated heterocycles. The zero-order valence-electron chi connectivity index (χ0n) is 4.01. The van der Waals surface area contributed by atoms with Crippen LogP contribution < -0.4 is 0 Å². The highest BCUT2D eigenvalue weighted by Crippen LogP contribution is 1.89. The van der Waals surface area contributed by atoms with Gasteiger partial charge in [-0.25, -0.2) is 0 Å². The molecular formula is C4H5N2S. The van der Waals surface area contributed by atoms with Crippen LogP contribution in [-0.4, -0.2) is 11.3 Å². The fraction of sp³-hybridized carbons (Fsp3) is 0.500. The summed E-state index contributed by atoms with van der Waals surface area (Å²) in [5.41, 5.74) is 2.47. The van der Waals surface area contributed by atoms with Crippen LogP contribution in [0.2, 0.25) is 0 Å². The van der Waals surface area contributed by atoms with E-state index in [1.807, 2.05) is 6.92 Å². The summed E-state index contributed by atoms with van der Waals surface area (Å²) >= 11 is 1.39. The number of thioether (sulfide) groups is 1. The molecule has 0 rings (SSSR count). The minimum Gasteiger partial charge on any atom is -0.170 e. The maximum atomic E-state index is 7.80. The fourth-order valence-electron chi connectivity index (χ4n) is 0.117. The molecule has 0 amide bonds. The average Bonchev–Trinajstić information content (AvgIpc) is 1.69. The van der Waals surface area contributed by atoms with E-state index >= 15 is 0 Å². The molecule has 0 aliphatic heterocycles. The third-order valence-electron chi connectivity index (χ3n) is 0.305. The van der Waals surface area contributed by atoms with Crippen LogP contribution in [-0.2, 0) is 0 Å². The molecule has 0 aromatic heterocycles. The van der Waals surface area contributed by atoms with Gasteiger partial charge in [0.25, 0.3) is 0 Å². The fourth-order valence-corrected chi connectivity index (χ4v) is 0.352. The quantitative estimate of drug-likeness (QED) is 0.305. The van der Waals surface area contributed by atoms with Crippen LogP contribution in [0, 0.1) is 11.5 Å². The van der Waals surface area contributed by atoms with E-state index in [1.54, 1.807) is 6.19 Å². The van der Waals surface area contributed by atoms with Gasteiger partial charge in [-0.1, -0.05) is 6.92 Å². The van der Waals surface area contributed by atoms with Gasteiger partial charge in [-0.2, -0.15) is 10.3 Å². The molecule has 0 N–H and O–H groups in total. The van der Waals surface area contributed by atoms with Crippen molar-refractivity contribution in [1.82, 2.24) is 0 Å². The van der Waals surface area contributed by atoms with Gasteiger partial charge in [0, 0.05) is 0 Å². The van der Waals surface area contributed by atoms with E-state index < -0.39 is 0 Å². The molecule has 0 unspecified atom stereocenters. The van der Waals surface area contributed by atoms with Crippen LogP contribution in [0.3, 0.4) is 0 Å². The number of nitriles is 1. The van der Waals surface area contributed by atoms with Gasteiger partial charge in [-0.05, 0) is 5.75 Å². The smallest absolute Gasteiger partial charge is 0.170 e. The minimum atomic E-state index is 0.922. The summed E-state index contributed by atoms with van der Waals surface area (Å²) in [5, 5.41) is 7.80. The van der Waals surface area contributed by atoms with Crippen molar-refractivity contribution in [2.75, 3.05) is 5.75 Å². The second kappa shape index (κ2) is 5.51. The third kappa shape index (κ3) is 5.51. The van der Waals surface area contributed by atoms with Crippen molar-refractivity contribution in [2.24, 2.45) is 4.99 Å². The molecule has 3 heteroatoms. The summed E-state index contributed by atoms with van der Waals surface area (Å²) in [4.78, 5) is 3.18. The molecule has 0 heterocycles. The Morgan fingerprint density at radius 1 is 1.86 bits per heavy atom. The van der Waals surface area contributed by atoms with E-state index in [1.165, 1.54) is 11.8 Å². The molecule has 0 saturated carbocycles. The lowest BCUT2D eigenvalue weighted by atomic mass is 11.0. The van der Waals surface area contributed by atoms with E-state index in [0.717, 1.165) is 5.75 Å². The lowest BCUT2D eigenvalue weighted by Crippen LogP contribution is -1.63. The van der Waals surface area contributed by atoms with Crippen molar-refractivity contribution >= 4 is 17.3 Å². The number of hydrogen-bond donors (Lipinski definition) is 0. The van der Waals surface area contributed by atoms with E-state index in [-0.39, 0.29) is 0 Å². The van der Waals surface area contributed by atoms with Crippen LogP contribution in [0.25, 0.3) is 0 Å². The van der Waals surface area contributed by atoms with Crippen LogP contribution in [0.1, 0.15) is 6.92 Å². The first-order chi connectivity index (χ1) is 3.41. The predicted octanol–water partition coefficient (Wildman–Crippen LogP) is 1.13. The molecule has 7 heavy (non-hydrogen) atoms. The molecule has 0 bridgehead atoms. The second-order valence-electron chi connectivity index (χ2n) is 0.736. The first-order valence-corrected chi connectivity index (χ1v) is 2.86. The first-order valence-electron chi connectivity index (χ1n) is 1.87. The van der Waals surface area contributed by atoms with Crippen molar-refractivity contribution in [3.05, 3.63) is 0 Å². The number of rotatable bonds is 2. The predicted molar refractivity (Wildman–Crippen MR) is 31.2 cm³/mol. The molecular weight excluding hydrogens is 108 g/mol. The molecule has 0 fully saturated rings. The van der Waals surface area contributed by atoms with E-state index in [9.17, 15) is 0 Å². The standard InChI is InChI=1S/C4H5N2S/c1-2-7-4-6-3-5/h2H2,1H3. The van der Waals surface area contributed by atoms with Crippen molar-refractivity contribution in [1.29, 1.82) is 5.26 Å². The summed E-state index contributed by atoms with van der Waals surface area (Å²) in [5.74, 6) is 0.922. The molecule has 1 radical (unpaired) electrons. The zero-order valence-corrected chi connectivity index (χ0v) is 4.83. The Morgan fingerprint density at radius 2 is 2.57 bits per heavy atom. The summed E-state index contributed by atoms with van der Waals surface area (Å²) in [6.45, 7) is 1.98. The van der Waals surface area contributed by atoms with Crippen molar-refractivity contribution in [2.45, 2.75) is 6.92 Å². The highest BCUT2D eigenvalue weighted by molar-refractivity contribution is 8.12. The van der Waals surface area contributed by atoms with Gasteiger partial charge in [0.1, 0.15) is 5.55 Å². The molecule has 2 nitrogen and oxygen atoms in total. The maximum Gasteiger partial charge on any atom is 0.206 e. The first kappa shape index (κ1) is 6.51. The number of hydrogen-bond acceptors (Lipinski definition) is 3. The third-order valence-corrected chi connectivity index (χ3v) is 0.814. The monoisotopic (exact) mass is 113 g/mol. The number of aliphatic imine (C=N–C) groups is 1. The molecule has 0 aromatic rings. The Balaban J connectivity index is 2.97. The van der Waals surface area contributed by atoms with Crippen molar-refractivity contribution < 1.29 is 0 Å². The molecule has 0 aromatic carbocycles. The summed E-state index contributed by atoms with van der Waals surface area (Å²) in [6.07, 6.45) is 1.60. The van der Waals surface area contributed by atoms with Crippen LogP contribution in [0.15, 0.2) is 4.99 Å². The highest BCUT2D eigenvalue weighted by atomic mass is 32.2. The molecule has 37 valence electrons. The van der Waals surface area contributed by atoms with Crippen molar-refractivity contribution in [3.63, 3.8) is 0 Å². The van der Waals surface area contributed by atoms with E-state index in [0.29, 0.717) is 0 Å². The van der Waals surface area contributed by atoms with Crippen molar-refractivity contribution in [3.8, 4) is 6.19 Å². The lowest BCUT2D eigenvalue weighted by molar-refractivity contribution is 1.45. The Hall–Kier alpha value is -0.490. The average molecular weight is 113 g/mol. The summed E-state index contributed by atoms with van der Waals surface area (Å²) in [7, 11) is 0. The van der Waals surface area contributed by atoms with Gasteiger partial charge in [0.2, 0.25) is 6.19 Å². The van der Waals surface area contributed by atoms with E-state index in [4.69, 9.17) is 5.26 Å². The van der Waals surface area contributed by atoms with Gasteiger partial charge >= 0.3 is 0 Å². The minimum absolute atomic E-state index is 0.922. The van der Waals surface area contributed by atoms with Crippen LogP contribution >= 0.6 is 11.8 Å². The summed E-state index contributed by atoms with van der Waals surface area (Å²) < 4.78 is 0. The Kier molecular flexibility index (Phi) is 5.12. The van der Waals surface area contributed by atoms with Gasteiger partial charge < -0.3 is 0 Å². The van der Waals surface area contributed by atoms with Gasteiger partial charge in [-0.3, -0.25) is 0 Å². The van der Waals surface area contributed by atoms with Gasteiger partial charge in [0.15, 0.2) is 0 Å². The van der Waals surface area contributed by atoms with Crippen LogP contribution in [0.4, 0.5) is 0 Å². The topological polar surface area (TPSA) is 36.1 Å². The lowest BCUT2D eigenvalue weighted by Gasteiger charge is -1.73. The van der Waals surface area contributed by atoms with Gasteiger partial charge in [0.05, 0.1) is 0 Å². The number of nitrogens with zero attached hydrogens (tertiary/aromatic N) is 2. The Labute approximate surface area is 47.2 Å². The second-order valence-corrected chi connectivity index (χ2v) is 1.78. The van der Waals surface area contributed by atoms with Crippen LogP contribution in [0.5, 0.6) is 0 Å².